The molecule has 1 rings (SSSR count). The van der Waals surface area contributed by atoms with Gasteiger partial charge in [-0.25, -0.2) is 0 Å². The van der Waals surface area contributed by atoms with Gasteiger partial charge >= 0.3 is 0 Å². The Kier molecular flexibility index (Phi) is 7.02. The smallest absolute Gasteiger partial charge is 0.246 e. The quantitative estimate of drug-likeness (QED) is 0.649. The summed E-state index contributed by atoms with van der Waals surface area (Å²) >= 11 is 0. The summed E-state index contributed by atoms with van der Waals surface area (Å²) in [4.78, 5) is 11.3. The van der Waals surface area contributed by atoms with Crippen LogP contribution in [0.4, 0.5) is 0 Å². The number of nitrogens with one attached hydrogen (secondary N) is 2. The van der Waals surface area contributed by atoms with Crippen LogP contribution >= 0.6 is 0 Å². The Morgan fingerprint density at radius 2 is 2.00 bits per heavy atom. The summed E-state index contributed by atoms with van der Waals surface area (Å²) in [6.45, 7) is 2.12. The fraction of sp³-hybridized carbons (Fsp3) is 0.462. The van der Waals surface area contributed by atoms with Crippen molar-refractivity contribution in [3.05, 3.63) is 35.9 Å². The minimum atomic E-state index is -0.0617. The molecule has 0 radical (unpaired) electrons. The molecule has 0 aliphatic rings. The number of hydrogen-bond donors (Lipinski definition) is 2. The molecule has 0 unspecified atom stereocenters. The Bertz CT molecular complexity index is 314. The Labute approximate surface area is 102 Å². The third-order valence-electron chi connectivity index (χ3n) is 2.31. The second-order valence-corrected chi connectivity index (χ2v) is 3.74. The number of rotatable bonds is 8. The predicted octanol–water partition coefficient (Wildman–Crippen LogP) is 0.581. The molecule has 0 heterocycles. The third-order valence-corrected chi connectivity index (χ3v) is 2.31. The monoisotopic (exact) mass is 236 g/mol. The van der Waals surface area contributed by atoms with E-state index in [4.69, 9.17) is 4.74 Å². The lowest BCUT2D eigenvalue weighted by Crippen LogP contribution is -2.33. The highest BCUT2D eigenvalue weighted by Gasteiger charge is 1.99. The molecular weight excluding hydrogens is 216 g/mol. The summed E-state index contributed by atoms with van der Waals surface area (Å²) in [5, 5.41) is 5.71. The predicted molar refractivity (Wildman–Crippen MR) is 67.9 cm³/mol. The van der Waals surface area contributed by atoms with E-state index in [1.165, 1.54) is 5.56 Å². The van der Waals surface area contributed by atoms with Crippen molar-refractivity contribution in [3.63, 3.8) is 0 Å². The molecule has 94 valence electrons. The molecule has 4 nitrogen and oxygen atoms in total. The standard InChI is InChI=1S/C13H20N2O2/c1-14-8-9-15-13(16)11-17-10-7-12-5-3-2-4-6-12/h2-6,14H,7-11H2,1H3,(H,15,16). The fourth-order valence-electron chi connectivity index (χ4n) is 1.38. The molecule has 0 aromatic heterocycles. The normalized spacial score (nSPS) is 10.2. The van der Waals surface area contributed by atoms with Crippen molar-refractivity contribution in [2.45, 2.75) is 6.42 Å². The maximum Gasteiger partial charge on any atom is 0.246 e. The molecule has 0 aliphatic heterocycles. The van der Waals surface area contributed by atoms with Gasteiger partial charge in [0.05, 0.1) is 6.61 Å². The van der Waals surface area contributed by atoms with Gasteiger partial charge in [0.15, 0.2) is 0 Å². The molecular formula is C13H20N2O2. The molecule has 0 fully saturated rings. The Morgan fingerprint density at radius 3 is 2.71 bits per heavy atom. The van der Waals surface area contributed by atoms with Gasteiger partial charge in [-0.2, -0.15) is 0 Å². The SMILES string of the molecule is CNCCNC(=O)COCCc1ccccc1. The van der Waals surface area contributed by atoms with Gasteiger partial charge in [-0.15, -0.1) is 0 Å². The highest BCUT2D eigenvalue weighted by Crippen LogP contribution is 1.99. The van der Waals surface area contributed by atoms with Crippen LogP contribution in [0.2, 0.25) is 0 Å². The maximum absolute atomic E-state index is 11.3. The molecule has 0 atom stereocenters. The molecule has 4 heteroatoms. The average molecular weight is 236 g/mol. The van der Waals surface area contributed by atoms with Crippen molar-refractivity contribution in [3.8, 4) is 0 Å². The summed E-state index contributed by atoms with van der Waals surface area (Å²) in [7, 11) is 1.85. The summed E-state index contributed by atoms with van der Waals surface area (Å²) in [6, 6.07) is 10.1. The van der Waals surface area contributed by atoms with Gasteiger partial charge in [-0.3, -0.25) is 4.79 Å². The number of amides is 1. The van der Waals surface area contributed by atoms with Crippen LogP contribution < -0.4 is 10.6 Å². The maximum atomic E-state index is 11.3. The zero-order valence-electron chi connectivity index (χ0n) is 10.2. The fourth-order valence-corrected chi connectivity index (χ4v) is 1.38. The third kappa shape index (κ3) is 6.71. The lowest BCUT2D eigenvalue weighted by Gasteiger charge is -2.06. The number of benzene rings is 1. The lowest BCUT2D eigenvalue weighted by atomic mass is 10.2. The van der Waals surface area contributed by atoms with Crippen molar-refractivity contribution in [2.75, 3.05) is 33.4 Å². The molecule has 1 amide bonds. The first kappa shape index (κ1) is 13.7. The van der Waals surface area contributed by atoms with Crippen LogP contribution in [0.3, 0.4) is 0 Å². The first-order chi connectivity index (χ1) is 8.33. The molecule has 17 heavy (non-hydrogen) atoms. The van der Waals surface area contributed by atoms with E-state index in [1.54, 1.807) is 0 Å². The first-order valence-corrected chi connectivity index (χ1v) is 5.86. The van der Waals surface area contributed by atoms with Crippen molar-refractivity contribution in [1.82, 2.24) is 10.6 Å². The van der Waals surface area contributed by atoms with Crippen molar-refractivity contribution in [1.29, 1.82) is 0 Å². The van der Waals surface area contributed by atoms with E-state index in [1.807, 2.05) is 25.2 Å². The second-order valence-electron chi connectivity index (χ2n) is 3.74. The number of likely N-dealkylation sites (N-methyl/N-ethyl adjacent to an activating group) is 1. The number of hydrogen-bond acceptors (Lipinski definition) is 3. The minimum Gasteiger partial charge on any atom is -0.371 e. The van der Waals surface area contributed by atoms with E-state index in [0.717, 1.165) is 13.0 Å². The largest absolute Gasteiger partial charge is 0.371 e. The van der Waals surface area contributed by atoms with Crippen molar-refractivity contribution in [2.24, 2.45) is 0 Å². The summed E-state index contributed by atoms with van der Waals surface area (Å²) in [6.07, 6.45) is 0.838. The van der Waals surface area contributed by atoms with Gasteiger partial charge in [0.1, 0.15) is 6.61 Å². The number of carbonyl (C=O) groups is 1. The molecule has 0 bridgehead atoms. The Morgan fingerprint density at radius 1 is 1.24 bits per heavy atom. The zero-order valence-corrected chi connectivity index (χ0v) is 10.2. The lowest BCUT2D eigenvalue weighted by molar-refractivity contribution is -0.125. The molecule has 2 N–H and O–H groups in total. The van der Waals surface area contributed by atoms with Crippen LogP contribution in [0, 0.1) is 0 Å². The minimum absolute atomic E-state index is 0.0617. The highest BCUT2D eigenvalue weighted by atomic mass is 16.5. The van der Waals surface area contributed by atoms with Crippen LogP contribution in [-0.2, 0) is 16.0 Å². The molecule has 1 aromatic rings. The summed E-state index contributed by atoms with van der Waals surface area (Å²) in [5.41, 5.74) is 1.23. The van der Waals surface area contributed by atoms with E-state index in [2.05, 4.69) is 22.8 Å². The number of ether oxygens (including phenoxy) is 1. The van der Waals surface area contributed by atoms with Crippen LogP contribution in [-0.4, -0.2) is 39.3 Å². The van der Waals surface area contributed by atoms with Gasteiger partial charge in [0.2, 0.25) is 5.91 Å². The van der Waals surface area contributed by atoms with Crippen LogP contribution in [0.5, 0.6) is 0 Å². The molecule has 0 saturated carbocycles. The van der Waals surface area contributed by atoms with E-state index in [9.17, 15) is 4.79 Å². The summed E-state index contributed by atoms with van der Waals surface area (Å²) < 4.78 is 5.30. The first-order valence-electron chi connectivity index (χ1n) is 5.86. The topological polar surface area (TPSA) is 50.4 Å². The van der Waals surface area contributed by atoms with E-state index in [-0.39, 0.29) is 12.5 Å². The molecule has 1 aromatic carbocycles. The Balaban J connectivity index is 2.02. The van der Waals surface area contributed by atoms with Gasteiger partial charge in [-0.1, -0.05) is 30.3 Å². The van der Waals surface area contributed by atoms with E-state index < -0.39 is 0 Å². The van der Waals surface area contributed by atoms with E-state index in [0.29, 0.717) is 13.2 Å². The number of carbonyl (C=O) groups excluding carboxylic acids is 1. The summed E-state index contributed by atoms with van der Waals surface area (Å²) in [5.74, 6) is -0.0617. The van der Waals surface area contributed by atoms with Gasteiger partial charge < -0.3 is 15.4 Å². The van der Waals surface area contributed by atoms with Gasteiger partial charge in [-0.05, 0) is 19.0 Å². The van der Waals surface area contributed by atoms with Crippen LogP contribution in [0.25, 0.3) is 0 Å². The van der Waals surface area contributed by atoms with Gasteiger partial charge in [0.25, 0.3) is 0 Å². The molecule has 0 aliphatic carbocycles. The zero-order chi connectivity index (χ0) is 12.3. The van der Waals surface area contributed by atoms with E-state index >= 15 is 0 Å². The average Bonchev–Trinajstić information content (AvgIpc) is 2.36. The Hall–Kier alpha value is -1.39. The van der Waals surface area contributed by atoms with Crippen LogP contribution in [0.1, 0.15) is 5.56 Å². The van der Waals surface area contributed by atoms with Crippen molar-refractivity contribution >= 4 is 5.91 Å². The second kappa shape index (κ2) is 8.73. The molecule has 0 saturated heterocycles. The van der Waals surface area contributed by atoms with Crippen LogP contribution in [0.15, 0.2) is 30.3 Å². The highest BCUT2D eigenvalue weighted by molar-refractivity contribution is 5.77. The van der Waals surface area contributed by atoms with Gasteiger partial charge in [0, 0.05) is 13.1 Å². The van der Waals surface area contributed by atoms with Crippen molar-refractivity contribution < 1.29 is 9.53 Å². The molecule has 0 spiro atoms.